The lowest BCUT2D eigenvalue weighted by molar-refractivity contribution is -0.922. The summed E-state index contributed by atoms with van der Waals surface area (Å²) >= 11 is 0. The molecule has 0 spiro atoms. The second kappa shape index (κ2) is 10.7. The number of allylic oxidation sites excluding steroid dienone is 1. The summed E-state index contributed by atoms with van der Waals surface area (Å²) in [6.07, 6.45) is 3.64. The Morgan fingerprint density at radius 3 is 2.24 bits per heavy atom. The average Bonchev–Trinajstić information content (AvgIpc) is 2.38. The van der Waals surface area contributed by atoms with Crippen LogP contribution in [-0.2, 0) is 19.6 Å². The first-order chi connectivity index (χ1) is 9.28. The fourth-order valence-corrected chi connectivity index (χ4v) is 2.65. The zero-order valence-corrected chi connectivity index (χ0v) is 13.8. The van der Waals surface area contributed by atoms with Gasteiger partial charge in [-0.25, -0.2) is 4.79 Å². The Balaban J connectivity index is 0. The Labute approximate surface area is 127 Å². The first-order valence-electron chi connectivity index (χ1n) is 6.88. The molecule has 0 aliphatic carbocycles. The molecule has 0 aliphatic rings. The van der Waals surface area contributed by atoms with E-state index in [1.807, 2.05) is 13.8 Å². The van der Waals surface area contributed by atoms with Crippen LogP contribution in [0.3, 0.4) is 0 Å². The third-order valence-electron chi connectivity index (χ3n) is 3.49. The topological polar surface area (TPSA) is 111 Å². The van der Waals surface area contributed by atoms with E-state index in [-0.39, 0.29) is 17.2 Å². The van der Waals surface area contributed by atoms with Crippen molar-refractivity contribution in [2.24, 2.45) is 0 Å². The van der Waals surface area contributed by atoms with Crippen LogP contribution in [0.4, 0.5) is 0 Å². The molecule has 0 saturated heterocycles. The zero-order valence-electron chi connectivity index (χ0n) is 13.0. The Bertz CT molecular complexity index is 414. The molecule has 0 aromatic carbocycles. The van der Waals surface area contributed by atoms with Gasteiger partial charge in [0.2, 0.25) is 0 Å². The number of carbonyl (C=O) groups is 1. The number of carbonyl (C=O) groups excluding carboxylic acids is 1. The Kier molecular flexibility index (Phi) is 11.4. The predicted molar refractivity (Wildman–Crippen MR) is 79.8 cm³/mol. The standard InChI is InChI=1S/C13H25NO5S.H2O/c1-4-8-13(15)19-11-7-9-14(5-2,6-3)10-12-20(16,17)18;/h4,8H,5-7,9-12H2,1-3H3;1H2. The van der Waals surface area contributed by atoms with Crippen molar-refractivity contribution < 1.29 is 32.5 Å². The van der Waals surface area contributed by atoms with Gasteiger partial charge >= 0.3 is 5.97 Å². The highest BCUT2D eigenvalue weighted by atomic mass is 32.2. The predicted octanol–water partition coefficient (Wildman–Crippen LogP) is 1.06. The summed E-state index contributed by atoms with van der Waals surface area (Å²) in [5.74, 6) is -0.607. The maximum Gasteiger partial charge on any atom is 0.330 e. The highest BCUT2D eigenvalue weighted by molar-refractivity contribution is 7.85. The maximum atomic E-state index is 11.1. The molecule has 0 aliphatic heterocycles. The molecule has 7 nitrogen and oxygen atoms in total. The van der Waals surface area contributed by atoms with Gasteiger partial charge in [-0.3, -0.25) is 4.55 Å². The third-order valence-corrected chi connectivity index (χ3v) is 4.19. The summed E-state index contributed by atoms with van der Waals surface area (Å²) in [6, 6.07) is 0. The van der Waals surface area contributed by atoms with E-state index < -0.39 is 10.1 Å². The van der Waals surface area contributed by atoms with Crippen LogP contribution < -0.4 is 0 Å². The normalized spacial score (nSPS) is 12.2. The van der Waals surface area contributed by atoms with E-state index in [1.54, 1.807) is 13.0 Å². The molecule has 0 bridgehead atoms. The molecule has 0 heterocycles. The van der Waals surface area contributed by atoms with Gasteiger partial charge in [0.25, 0.3) is 10.1 Å². The van der Waals surface area contributed by atoms with E-state index in [2.05, 4.69) is 0 Å². The number of hydrogen-bond acceptors (Lipinski definition) is 5. The summed E-state index contributed by atoms with van der Waals surface area (Å²) in [6.45, 7) is 8.66. The lowest BCUT2D eigenvalue weighted by Crippen LogP contribution is -2.51. The molecule has 0 saturated carbocycles. The Hall–Kier alpha value is -0.960. The van der Waals surface area contributed by atoms with Crippen molar-refractivity contribution in [3.05, 3.63) is 12.2 Å². The van der Waals surface area contributed by atoms with Crippen molar-refractivity contribution >= 4 is 16.1 Å². The van der Waals surface area contributed by atoms with Gasteiger partial charge in [-0.1, -0.05) is 6.08 Å². The van der Waals surface area contributed by atoms with Crippen molar-refractivity contribution in [3.63, 3.8) is 0 Å². The molecule has 0 amide bonds. The lowest BCUT2D eigenvalue weighted by atomic mass is 10.3. The minimum absolute atomic E-state index is 0. The van der Waals surface area contributed by atoms with Gasteiger partial charge in [0.05, 0.1) is 32.8 Å². The number of hydrogen-bond donors (Lipinski definition) is 1. The zero-order chi connectivity index (χ0) is 15.6. The molecule has 0 aromatic heterocycles. The van der Waals surface area contributed by atoms with Crippen LogP contribution in [0.15, 0.2) is 12.2 Å². The summed E-state index contributed by atoms with van der Waals surface area (Å²) in [5.41, 5.74) is 0. The molecular weight excluding hydrogens is 298 g/mol. The smallest absolute Gasteiger partial charge is 0.330 e. The summed E-state index contributed by atoms with van der Waals surface area (Å²) in [7, 11) is -3.94. The SMILES string of the molecule is CC=CC(=O)OCCC[N+](CC)(CC)CCS(=O)(=O)O.[OH-]. The van der Waals surface area contributed by atoms with Crippen molar-refractivity contribution in [3.8, 4) is 0 Å². The van der Waals surface area contributed by atoms with E-state index in [9.17, 15) is 13.2 Å². The minimum atomic E-state index is -3.94. The number of esters is 1. The molecule has 0 rings (SSSR count). The second-order valence-corrected chi connectivity index (χ2v) is 6.30. The highest BCUT2D eigenvalue weighted by Crippen LogP contribution is 2.09. The maximum absolute atomic E-state index is 11.1. The summed E-state index contributed by atoms with van der Waals surface area (Å²) in [4.78, 5) is 11.1. The van der Waals surface area contributed by atoms with Crippen LogP contribution in [0.1, 0.15) is 27.2 Å². The fourth-order valence-electron chi connectivity index (χ4n) is 2.03. The highest BCUT2D eigenvalue weighted by Gasteiger charge is 2.25. The van der Waals surface area contributed by atoms with E-state index in [0.29, 0.717) is 30.6 Å². The van der Waals surface area contributed by atoms with Crippen LogP contribution in [0, 0.1) is 0 Å². The lowest BCUT2D eigenvalue weighted by Gasteiger charge is -2.36. The first-order valence-corrected chi connectivity index (χ1v) is 8.49. The summed E-state index contributed by atoms with van der Waals surface area (Å²) in [5, 5.41) is 0. The van der Waals surface area contributed by atoms with Gasteiger partial charge in [0.15, 0.2) is 0 Å². The second-order valence-electron chi connectivity index (χ2n) is 4.73. The van der Waals surface area contributed by atoms with Crippen LogP contribution in [-0.4, -0.2) is 67.4 Å². The molecular formula is C13H27NO6S. The fraction of sp³-hybridized carbons (Fsp3) is 0.769. The third kappa shape index (κ3) is 10.4. The van der Waals surface area contributed by atoms with Crippen molar-refractivity contribution in [2.45, 2.75) is 27.2 Å². The van der Waals surface area contributed by atoms with Gasteiger partial charge < -0.3 is 14.7 Å². The van der Waals surface area contributed by atoms with Gasteiger partial charge in [-0.15, -0.1) is 0 Å². The van der Waals surface area contributed by atoms with Gasteiger partial charge in [0.1, 0.15) is 5.75 Å². The summed E-state index contributed by atoms with van der Waals surface area (Å²) < 4.78 is 36.2. The largest absolute Gasteiger partial charge is 0.870 e. The minimum Gasteiger partial charge on any atom is -0.870 e. The van der Waals surface area contributed by atoms with Crippen LogP contribution in [0.2, 0.25) is 0 Å². The van der Waals surface area contributed by atoms with E-state index in [1.165, 1.54) is 6.08 Å². The average molecular weight is 325 g/mol. The molecule has 2 N–H and O–H groups in total. The molecule has 126 valence electrons. The monoisotopic (exact) mass is 325 g/mol. The quantitative estimate of drug-likeness (QED) is 0.211. The Morgan fingerprint density at radius 2 is 1.81 bits per heavy atom. The van der Waals surface area contributed by atoms with Crippen LogP contribution in [0.25, 0.3) is 0 Å². The van der Waals surface area contributed by atoms with Gasteiger partial charge in [-0.05, 0) is 20.8 Å². The van der Waals surface area contributed by atoms with Crippen molar-refractivity contribution in [2.75, 3.05) is 38.5 Å². The van der Waals surface area contributed by atoms with E-state index in [4.69, 9.17) is 9.29 Å². The number of ether oxygens (including phenoxy) is 1. The van der Waals surface area contributed by atoms with Crippen molar-refractivity contribution in [1.82, 2.24) is 0 Å². The molecule has 0 atom stereocenters. The first kappa shape index (κ1) is 22.3. The van der Waals surface area contributed by atoms with Crippen LogP contribution >= 0.6 is 0 Å². The molecule has 0 fully saturated rings. The van der Waals surface area contributed by atoms with Crippen LogP contribution in [0.5, 0.6) is 0 Å². The number of quaternary nitrogens is 1. The number of nitrogens with zero attached hydrogens (tertiary/aromatic N) is 1. The molecule has 0 radical (unpaired) electrons. The molecule has 8 heteroatoms. The molecule has 21 heavy (non-hydrogen) atoms. The molecule has 0 aromatic rings. The van der Waals surface area contributed by atoms with Crippen molar-refractivity contribution in [1.29, 1.82) is 0 Å². The van der Waals surface area contributed by atoms with Gasteiger partial charge in [-0.2, -0.15) is 8.42 Å². The number of rotatable bonds is 10. The van der Waals surface area contributed by atoms with Gasteiger partial charge in [0, 0.05) is 12.5 Å². The molecule has 0 unspecified atom stereocenters. The van der Waals surface area contributed by atoms with E-state index >= 15 is 0 Å². The Morgan fingerprint density at radius 1 is 1.24 bits per heavy atom. The van der Waals surface area contributed by atoms with E-state index in [0.717, 1.165) is 13.1 Å².